The molecule has 0 bridgehead atoms. The van der Waals surface area contributed by atoms with Crippen LogP contribution in [0.2, 0.25) is 0 Å². The Morgan fingerprint density at radius 3 is 2.48 bits per heavy atom. The van der Waals surface area contributed by atoms with Gasteiger partial charge in [-0.15, -0.1) is 0 Å². The first-order valence-corrected chi connectivity index (χ1v) is 7.31. The highest BCUT2D eigenvalue weighted by molar-refractivity contribution is 5.75. The normalized spacial score (nSPS) is 11.8. The Kier molecular flexibility index (Phi) is 7.61. The van der Waals surface area contributed by atoms with E-state index in [0.717, 1.165) is 5.75 Å². The molecule has 0 aliphatic carbocycles. The lowest BCUT2D eigenvalue weighted by Crippen LogP contribution is -2.33. The van der Waals surface area contributed by atoms with Crippen LogP contribution in [0.25, 0.3) is 0 Å². The molecular weight excluding hydrogens is 270 g/mol. The summed E-state index contributed by atoms with van der Waals surface area (Å²) in [7, 11) is 1.69. The summed E-state index contributed by atoms with van der Waals surface area (Å²) in [5.74, 6) is 1.43. The third kappa shape index (κ3) is 6.49. The topological polar surface area (TPSA) is 59.0 Å². The number of aliphatic hydroxyl groups excluding tert-OH is 1. The molecule has 1 aromatic rings. The zero-order valence-corrected chi connectivity index (χ0v) is 13.0. The first-order valence-electron chi connectivity index (χ1n) is 7.31. The zero-order valence-electron chi connectivity index (χ0n) is 13.0. The molecule has 0 fully saturated rings. The molecule has 5 heteroatoms. The fourth-order valence-corrected chi connectivity index (χ4v) is 1.94. The third-order valence-corrected chi connectivity index (χ3v) is 2.91. The summed E-state index contributed by atoms with van der Waals surface area (Å²) >= 11 is 0. The predicted molar refractivity (Wildman–Crippen MR) is 81.7 cm³/mol. The quantitative estimate of drug-likeness (QED) is 0.709. The molecular formula is C16H25NO4. The Hall–Kier alpha value is -1.75. The summed E-state index contributed by atoms with van der Waals surface area (Å²) in [6.07, 6.45) is 0.525. The van der Waals surface area contributed by atoms with E-state index in [1.165, 1.54) is 0 Å². The predicted octanol–water partition coefficient (Wildman–Crippen LogP) is 2.08. The average Bonchev–Trinajstić information content (AvgIpc) is 2.44. The molecule has 0 radical (unpaired) electrons. The molecule has 1 N–H and O–H groups in total. The Labute approximate surface area is 126 Å². The summed E-state index contributed by atoms with van der Waals surface area (Å²) in [6, 6.07) is 7.50. The van der Waals surface area contributed by atoms with Gasteiger partial charge in [0, 0.05) is 20.0 Å². The molecule has 0 aliphatic rings. The SMILES string of the molecule is CCOc1ccccc1OCCCC(=O)N(C)CC(C)O. The lowest BCUT2D eigenvalue weighted by atomic mass is 10.2. The van der Waals surface area contributed by atoms with Gasteiger partial charge in [-0.2, -0.15) is 0 Å². The summed E-state index contributed by atoms with van der Waals surface area (Å²) in [5.41, 5.74) is 0. The molecule has 0 heterocycles. The van der Waals surface area contributed by atoms with Gasteiger partial charge >= 0.3 is 0 Å². The lowest BCUT2D eigenvalue weighted by molar-refractivity contribution is -0.131. The van der Waals surface area contributed by atoms with E-state index in [-0.39, 0.29) is 5.91 Å². The van der Waals surface area contributed by atoms with Gasteiger partial charge < -0.3 is 19.5 Å². The van der Waals surface area contributed by atoms with E-state index in [2.05, 4.69) is 0 Å². The van der Waals surface area contributed by atoms with E-state index in [1.54, 1.807) is 18.9 Å². The average molecular weight is 295 g/mol. The first kappa shape index (κ1) is 17.3. The van der Waals surface area contributed by atoms with E-state index in [9.17, 15) is 9.90 Å². The number of amides is 1. The van der Waals surface area contributed by atoms with Crippen LogP contribution in [-0.2, 0) is 4.79 Å². The van der Waals surface area contributed by atoms with Crippen LogP contribution < -0.4 is 9.47 Å². The van der Waals surface area contributed by atoms with Crippen molar-refractivity contribution in [3.8, 4) is 11.5 Å². The van der Waals surface area contributed by atoms with E-state index in [0.29, 0.717) is 38.3 Å². The maximum atomic E-state index is 11.8. The molecule has 118 valence electrons. The van der Waals surface area contributed by atoms with Crippen molar-refractivity contribution in [1.82, 2.24) is 4.90 Å². The van der Waals surface area contributed by atoms with Crippen molar-refractivity contribution >= 4 is 5.91 Å². The highest BCUT2D eigenvalue weighted by Crippen LogP contribution is 2.26. The van der Waals surface area contributed by atoms with Gasteiger partial charge in [-0.3, -0.25) is 4.79 Å². The van der Waals surface area contributed by atoms with Crippen molar-refractivity contribution in [2.45, 2.75) is 32.8 Å². The number of nitrogens with zero attached hydrogens (tertiary/aromatic N) is 1. The van der Waals surface area contributed by atoms with Gasteiger partial charge in [0.2, 0.25) is 5.91 Å². The standard InChI is InChI=1S/C16H25NO4/c1-4-20-14-8-5-6-9-15(14)21-11-7-10-16(19)17(3)12-13(2)18/h5-6,8-9,13,18H,4,7,10-12H2,1-3H3. The molecule has 1 amide bonds. The van der Waals surface area contributed by atoms with Crippen LogP contribution >= 0.6 is 0 Å². The van der Waals surface area contributed by atoms with Gasteiger partial charge in [0.1, 0.15) is 0 Å². The highest BCUT2D eigenvalue weighted by Gasteiger charge is 2.11. The minimum atomic E-state index is -0.506. The number of likely N-dealkylation sites (N-methyl/N-ethyl adjacent to an activating group) is 1. The molecule has 0 aliphatic heterocycles. The van der Waals surface area contributed by atoms with Crippen LogP contribution in [0.3, 0.4) is 0 Å². The fourth-order valence-electron chi connectivity index (χ4n) is 1.94. The molecule has 21 heavy (non-hydrogen) atoms. The second-order valence-corrected chi connectivity index (χ2v) is 4.96. The first-order chi connectivity index (χ1) is 10.0. The van der Waals surface area contributed by atoms with Crippen LogP contribution in [0.5, 0.6) is 11.5 Å². The molecule has 1 unspecified atom stereocenters. The number of hydrogen-bond donors (Lipinski definition) is 1. The minimum absolute atomic E-state index is 0.0117. The van der Waals surface area contributed by atoms with Gasteiger partial charge in [0.15, 0.2) is 11.5 Å². The number of rotatable bonds is 9. The zero-order chi connectivity index (χ0) is 15.7. The number of carbonyl (C=O) groups is 1. The number of ether oxygens (including phenoxy) is 2. The number of para-hydroxylation sites is 2. The van der Waals surface area contributed by atoms with Crippen LogP contribution in [0.4, 0.5) is 0 Å². The Morgan fingerprint density at radius 1 is 1.29 bits per heavy atom. The van der Waals surface area contributed by atoms with Gasteiger partial charge in [-0.1, -0.05) is 12.1 Å². The number of aliphatic hydroxyl groups is 1. The molecule has 5 nitrogen and oxygen atoms in total. The van der Waals surface area contributed by atoms with Crippen LogP contribution in [-0.4, -0.2) is 48.8 Å². The van der Waals surface area contributed by atoms with Gasteiger partial charge in [-0.25, -0.2) is 0 Å². The number of carbonyl (C=O) groups excluding carboxylic acids is 1. The molecule has 1 rings (SSSR count). The Bertz CT molecular complexity index is 434. The Balaban J connectivity index is 2.32. The smallest absolute Gasteiger partial charge is 0.222 e. The van der Waals surface area contributed by atoms with E-state index in [1.807, 2.05) is 31.2 Å². The number of benzene rings is 1. The van der Waals surface area contributed by atoms with E-state index in [4.69, 9.17) is 9.47 Å². The second kappa shape index (κ2) is 9.23. The van der Waals surface area contributed by atoms with E-state index >= 15 is 0 Å². The van der Waals surface area contributed by atoms with Gasteiger partial charge in [0.25, 0.3) is 0 Å². The van der Waals surface area contributed by atoms with Gasteiger partial charge in [-0.05, 0) is 32.4 Å². The summed E-state index contributed by atoms with van der Waals surface area (Å²) in [6.45, 7) is 4.99. The van der Waals surface area contributed by atoms with Crippen molar-refractivity contribution < 1.29 is 19.4 Å². The minimum Gasteiger partial charge on any atom is -0.490 e. The van der Waals surface area contributed by atoms with E-state index < -0.39 is 6.10 Å². The van der Waals surface area contributed by atoms with Gasteiger partial charge in [0.05, 0.1) is 19.3 Å². The monoisotopic (exact) mass is 295 g/mol. The highest BCUT2D eigenvalue weighted by atomic mass is 16.5. The maximum absolute atomic E-state index is 11.8. The Morgan fingerprint density at radius 2 is 1.90 bits per heavy atom. The van der Waals surface area contributed by atoms with Crippen molar-refractivity contribution in [1.29, 1.82) is 0 Å². The van der Waals surface area contributed by atoms with Crippen LogP contribution in [0.1, 0.15) is 26.7 Å². The molecule has 0 saturated carbocycles. The second-order valence-electron chi connectivity index (χ2n) is 4.96. The molecule has 0 aromatic heterocycles. The lowest BCUT2D eigenvalue weighted by Gasteiger charge is -2.18. The molecule has 1 aromatic carbocycles. The van der Waals surface area contributed by atoms with Crippen molar-refractivity contribution in [3.05, 3.63) is 24.3 Å². The molecule has 1 atom stereocenters. The fraction of sp³-hybridized carbons (Fsp3) is 0.562. The summed E-state index contributed by atoms with van der Waals surface area (Å²) in [4.78, 5) is 13.3. The van der Waals surface area contributed by atoms with Crippen molar-refractivity contribution in [2.24, 2.45) is 0 Å². The van der Waals surface area contributed by atoms with Crippen LogP contribution in [0.15, 0.2) is 24.3 Å². The largest absolute Gasteiger partial charge is 0.490 e. The molecule has 0 saturated heterocycles. The van der Waals surface area contributed by atoms with Crippen molar-refractivity contribution in [3.63, 3.8) is 0 Å². The number of hydrogen-bond acceptors (Lipinski definition) is 4. The summed E-state index contributed by atoms with van der Waals surface area (Å²) in [5, 5.41) is 9.24. The molecule has 0 spiro atoms. The van der Waals surface area contributed by atoms with Crippen LogP contribution in [0, 0.1) is 0 Å². The summed E-state index contributed by atoms with van der Waals surface area (Å²) < 4.78 is 11.1. The third-order valence-electron chi connectivity index (χ3n) is 2.91. The maximum Gasteiger partial charge on any atom is 0.222 e. The van der Waals surface area contributed by atoms with Crippen molar-refractivity contribution in [2.75, 3.05) is 26.8 Å².